The Hall–Kier alpha value is -2.32. The van der Waals surface area contributed by atoms with E-state index in [4.69, 9.17) is 28.0 Å². The molecule has 0 saturated carbocycles. The predicted molar refractivity (Wildman–Crippen MR) is 130 cm³/mol. The van der Waals surface area contributed by atoms with E-state index in [0.717, 1.165) is 16.4 Å². The Morgan fingerprint density at radius 1 is 1.11 bits per heavy atom. The van der Waals surface area contributed by atoms with Crippen LogP contribution in [0.4, 0.5) is 22.0 Å². The second-order valence-electron chi connectivity index (χ2n) is 9.19. The van der Waals surface area contributed by atoms with Crippen LogP contribution < -0.4 is 0 Å². The summed E-state index contributed by atoms with van der Waals surface area (Å²) in [6, 6.07) is 6.93. The maximum atomic E-state index is 15.5. The molecule has 4 rings (SSSR count). The number of rotatable bonds is 7. The molecule has 38 heavy (non-hydrogen) atoms. The van der Waals surface area contributed by atoms with Crippen molar-refractivity contribution in [2.24, 2.45) is 5.16 Å². The standard InChI is InChI=1S/C23H20Cl2F5N3O4S/c1-32(2)38(35,36)19(10-34)33-11-21(27,12-33)14-5-3-13(4-6-14)18-9-22(37-31-18,23(28,29)30)15-7-16(24)20(26)17(25)8-15/h3-8,10,19H,9,11-12H2,1-2H3. The monoisotopic (exact) mass is 599 g/mol. The van der Waals surface area contributed by atoms with Gasteiger partial charge in [-0.3, -0.25) is 4.90 Å². The third-order valence-corrected chi connectivity index (χ3v) is 9.16. The van der Waals surface area contributed by atoms with E-state index >= 15 is 4.39 Å². The highest BCUT2D eigenvalue weighted by Gasteiger charge is 2.62. The molecular weight excluding hydrogens is 580 g/mol. The number of aldehydes is 1. The first kappa shape index (κ1) is 28.7. The number of oxime groups is 1. The van der Waals surface area contributed by atoms with Crippen molar-refractivity contribution in [3.63, 3.8) is 0 Å². The van der Waals surface area contributed by atoms with Gasteiger partial charge in [0.05, 0.1) is 15.8 Å². The lowest BCUT2D eigenvalue weighted by Crippen LogP contribution is -2.63. The fourth-order valence-corrected chi connectivity index (χ4v) is 5.91. The summed E-state index contributed by atoms with van der Waals surface area (Å²) in [5.41, 5.74) is -5.24. The zero-order valence-corrected chi connectivity index (χ0v) is 22.1. The van der Waals surface area contributed by atoms with Crippen LogP contribution >= 0.6 is 23.2 Å². The number of hydrogen-bond donors (Lipinski definition) is 0. The van der Waals surface area contributed by atoms with Crippen LogP contribution in [0.1, 0.15) is 23.1 Å². The number of carbonyl (C=O) groups excluding carboxylic acids is 1. The molecule has 1 fully saturated rings. The molecule has 2 heterocycles. The van der Waals surface area contributed by atoms with Crippen LogP contribution in [0.15, 0.2) is 41.6 Å². The lowest BCUT2D eigenvalue weighted by atomic mass is 9.85. The van der Waals surface area contributed by atoms with E-state index in [-0.39, 0.29) is 36.2 Å². The van der Waals surface area contributed by atoms with Gasteiger partial charge in [-0.1, -0.05) is 52.6 Å². The minimum atomic E-state index is -4.98. The van der Waals surface area contributed by atoms with Crippen molar-refractivity contribution < 1.29 is 40.0 Å². The molecule has 206 valence electrons. The molecule has 2 aliphatic heterocycles. The van der Waals surface area contributed by atoms with E-state index < -0.39 is 60.7 Å². The van der Waals surface area contributed by atoms with Gasteiger partial charge >= 0.3 is 6.18 Å². The van der Waals surface area contributed by atoms with Gasteiger partial charge in [0.1, 0.15) is 0 Å². The molecular formula is C23H20Cl2F5N3O4S. The summed E-state index contributed by atoms with van der Waals surface area (Å²) in [4.78, 5) is 17.5. The third-order valence-electron chi connectivity index (χ3n) is 6.57. The smallest absolute Gasteiger partial charge is 0.374 e. The number of nitrogens with zero attached hydrogens (tertiary/aromatic N) is 3. The molecule has 2 aliphatic rings. The first-order valence-corrected chi connectivity index (χ1v) is 13.2. The normalized spacial score (nSPS) is 22.5. The zero-order valence-electron chi connectivity index (χ0n) is 19.8. The van der Waals surface area contributed by atoms with Crippen molar-refractivity contribution in [1.82, 2.24) is 9.21 Å². The van der Waals surface area contributed by atoms with E-state index in [0.29, 0.717) is 0 Å². The molecule has 2 atom stereocenters. The average molecular weight is 600 g/mol. The number of carbonyl (C=O) groups is 1. The Balaban J connectivity index is 1.54. The van der Waals surface area contributed by atoms with Gasteiger partial charge in [0.25, 0.3) is 5.60 Å². The molecule has 7 nitrogen and oxygen atoms in total. The van der Waals surface area contributed by atoms with E-state index in [9.17, 15) is 30.8 Å². The van der Waals surface area contributed by atoms with Gasteiger partial charge in [-0.2, -0.15) is 13.2 Å². The van der Waals surface area contributed by atoms with Crippen LogP contribution in [-0.2, 0) is 30.9 Å². The van der Waals surface area contributed by atoms with Crippen LogP contribution in [0.5, 0.6) is 0 Å². The largest absolute Gasteiger partial charge is 0.435 e. The highest BCUT2D eigenvalue weighted by molar-refractivity contribution is 7.90. The van der Waals surface area contributed by atoms with E-state index in [1.807, 2.05) is 0 Å². The molecule has 0 bridgehead atoms. The van der Waals surface area contributed by atoms with Crippen molar-refractivity contribution in [2.75, 3.05) is 27.2 Å². The number of likely N-dealkylation sites (tertiary alicyclic amines) is 1. The predicted octanol–water partition coefficient (Wildman–Crippen LogP) is 4.61. The van der Waals surface area contributed by atoms with Gasteiger partial charge in [-0.05, 0) is 23.3 Å². The number of benzene rings is 2. The number of sulfonamides is 1. The van der Waals surface area contributed by atoms with Crippen molar-refractivity contribution in [2.45, 2.75) is 29.2 Å². The van der Waals surface area contributed by atoms with Gasteiger partial charge in [0, 0.05) is 39.2 Å². The Bertz CT molecular complexity index is 1370. The molecule has 0 radical (unpaired) electrons. The highest BCUT2D eigenvalue weighted by Crippen LogP contribution is 2.50. The maximum absolute atomic E-state index is 15.5. The second kappa shape index (κ2) is 9.70. The van der Waals surface area contributed by atoms with E-state index in [2.05, 4.69) is 5.16 Å². The summed E-state index contributed by atoms with van der Waals surface area (Å²) >= 11 is 11.4. The minimum Gasteiger partial charge on any atom is -0.374 e. The number of halogens is 7. The fraction of sp³-hybridized carbons (Fsp3) is 0.391. The average Bonchev–Trinajstić information content (AvgIpc) is 3.28. The molecule has 2 unspecified atom stereocenters. The van der Waals surface area contributed by atoms with Gasteiger partial charge < -0.3 is 9.63 Å². The Labute approximate surface area is 224 Å². The highest BCUT2D eigenvalue weighted by atomic mass is 35.5. The van der Waals surface area contributed by atoms with Crippen LogP contribution in [0.3, 0.4) is 0 Å². The number of alkyl halides is 4. The maximum Gasteiger partial charge on any atom is 0.435 e. The summed E-state index contributed by atoms with van der Waals surface area (Å²) in [6.07, 6.45) is -5.54. The lowest BCUT2D eigenvalue weighted by molar-refractivity contribution is -0.275. The van der Waals surface area contributed by atoms with Crippen molar-refractivity contribution >= 4 is 45.2 Å². The molecule has 0 spiro atoms. The van der Waals surface area contributed by atoms with Gasteiger partial charge in [-0.25, -0.2) is 21.5 Å². The molecule has 0 N–H and O–H groups in total. The second-order valence-corrected chi connectivity index (χ2v) is 12.2. The zero-order chi connectivity index (χ0) is 28.3. The van der Waals surface area contributed by atoms with E-state index in [1.54, 1.807) is 0 Å². The first-order chi connectivity index (χ1) is 17.6. The Kier molecular flexibility index (Phi) is 7.32. The van der Waals surface area contributed by atoms with Crippen molar-refractivity contribution in [3.8, 4) is 0 Å². The van der Waals surface area contributed by atoms with Gasteiger partial charge in [0.15, 0.2) is 23.1 Å². The first-order valence-electron chi connectivity index (χ1n) is 10.9. The molecule has 0 aliphatic carbocycles. The number of hydrogen-bond acceptors (Lipinski definition) is 6. The van der Waals surface area contributed by atoms with Crippen molar-refractivity contribution in [3.05, 3.63) is 69.0 Å². The van der Waals surface area contributed by atoms with Crippen LogP contribution in [0, 0.1) is 5.82 Å². The summed E-state index contributed by atoms with van der Waals surface area (Å²) in [7, 11) is -1.47. The molecule has 1 saturated heterocycles. The quantitative estimate of drug-likeness (QED) is 0.264. The molecule has 2 aromatic rings. The SMILES string of the molecule is CN(C)S(=O)(=O)C(C=O)N1CC(F)(c2ccc(C3=NOC(c4cc(Cl)c(F)c(Cl)c4)(C(F)(F)F)C3)cc2)C1. The van der Waals surface area contributed by atoms with Crippen LogP contribution in [0.25, 0.3) is 0 Å². The summed E-state index contributed by atoms with van der Waals surface area (Å²) in [6.45, 7) is -0.758. The Morgan fingerprint density at radius 2 is 1.66 bits per heavy atom. The lowest BCUT2D eigenvalue weighted by Gasteiger charge is -2.47. The van der Waals surface area contributed by atoms with E-state index in [1.165, 1.54) is 43.3 Å². The fourth-order valence-electron chi connectivity index (χ4n) is 4.33. The topological polar surface area (TPSA) is 79.3 Å². The molecule has 2 aromatic carbocycles. The molecule has 15 heteroatoms. The third kappa shape index (κ3) is 4.68. The summed E-state index contributed by atoms with van der Waals surface area (Å²) in [5, 5.41) is 0.827. The minimum absolute atomic E-state index is 0.105. The van der Waals surface area contributed by atoms with Crippen LogP contribution in [-0.4, -0.2) is 68.4 Å². The van der Waals surface area contributed by atoms with Crippen LogP contribution in [0.2, 0.25) is 10.0 Å². The summed E-state index contributed by atoms with van der Waals surface area (Å²) < 4.78 is 97.3. The Morgan fingerprint density at radius 3 is 2.13 bits per heavy atom. The summed E-state index contributed by atoms with van der Waals surface area (Å²) in [5.74, 6) is -1.07. The van der Waals surface area contributed by atoms with Gasteiger partial charge in [0.2, 0.25) is 10.0 Å². The van der Waals surface area contributed by atoms with Gasteiger partial charge in [-0.15, -0.1) is 0 Å². The molecule has 0 amide bonds. The molecule has 0 aromatic heterocycles. The van der Waals surface area contributed by atoms with Crippen molar-refractivity contribution in [1.29, 1.82) is 0 Å².